The molecule has 2 rings (SSSR count). The van der Waals surface area contributed by atoms with Crippen molar-refractivity contribution in [1.82, 2.24) is 0 Å². The summed E-state index contributed by atoms with van der Waals surface area (Å²) in [5.74, 6) is -0.308. The van der Waals surface area contributed by atoms with Gasteiger partial charge in [0.25, 0.3) is 5.91 Å². The van der Waals surface area contributed by atoms with Gasteiger partial charge in [0.05, 0.1) is 0 Å². The molecule has 0 aliphatic rings. The topological polar surface area (TPSA) is 58.2 Å². The molecule has 0 fully saturated rings. The first kappa shape index (κ1) is 14.8. The lowest BCUT2D eigenvalue weighted by Crippen LogP contribution is -2.12. The normalized spacial score (nSPS) is 10.0. The van der Waals surface area contributed by atoms with Crippen molar-refractivity contribution in [2.45, 2.75) is 20.3 Å². The van der Waals surface area contributed by atoms with Crippen molar-refractivity contribution in [3.05, 3.63) is 59.7 Å². The third-order valence-corrected chi connectivity index (χ3v) is 3.09. The number of hydrogen-bond donors (Lipinski definition) is 2. The summed E-state index contributed by atoms with van der Waals surface area (Å²) in [5, 5.41) is 5.51. The van der Waals surface area contributed by atoms with Crippen LogP contribution in [-0.2, 0) is 11.2 Å². The molecule has 0 unspecified atom stereocenters. The van der Waals surface area contributed by atoms with Crippen molar-refractivity contribution in [1.29, 1.82) is 0 Å². The maximum atomic E-state index is 12.1. The van der Waals surface area contributed by atoms with Crippen LogP contribution in [0.1, 0.15) is 29.8 Å². The number of nitrogens with one attached hydrogen (secondary N) is 2. The molecule has 2 amide bonds. The number of carbonyl (C=O) groups is 2. The fraction of sp³-hybridized carbons (Fsp3) is 0.176. The minimum absolute atomic E-state index is 0.136. The van der Waals surface area contributed by atoms with E-state index >= 15 is 0 Å². The summed E-state index contributed by atoms with van der Waals surface area (Å²) < 4.78 is 0. The molecule has 2 N–H and O–H groups in total. The number of anilines is 2. The monoisotopic (exact) mass is 282 g/mol. The molecule has 0 bridgehead atoms. The predicted molar refractivity (Wildman–Crippen MR) is 84.5 cm³/mol. The van der Waals surface area contributed by atoms with Gasteiger partial charge in [0.1, 0.15) is 0 Å². The Labute approximate surface area is 124 Å². The Balaban J connectivity index is 2.03. The molecule has 2 aromatic carbocycles. The maximum absolute atomic E-state index is 12.1. The van der Waals surface area contributed by atoms with E-state index in [1.807, 2.05) is 24.3 Å². The van der Waals surface area contributed by atoms with Gasteiger partial charge in [-0.05, 0) is 48.4 Å². The van der Waals surface area contributed by atoms with E-state index in [0.717, 1.165) is 12.1 Å². The van der Waals surface area contributed by atoms with Gasteiger partial charge in [0.15, 0.2) is 0 Å². The molecule has 21 heavy (non-hydrogen) atoms. The molecule has 4 heteroatoms. The molecule has 0 atom stereocenters. The Hall–Kier alpha value is -2.62. The van der Waals surface area contributed by atoms with Crippen LogP contribution in [0.15, 0.2) is 48.5 Å². The highest BCUT2D eigenvalue weighted by molar-refractivity contribution is 6.04. The molecule has 0 aliphatic heterocycles. The van der Waals surface area contributed by atoms with Crippen LogP contribution in [-0.4, -0.2) is 11.8 Å². The number of amides is 2. The van der Waals surface area contributed by atoms with Crippen LogP contribution in [0.3, 0.4) is 0 Å². The number of carbonyl (C=O) groups excluding carboxylic acids is 2. The Kier molecular flexibility index (Phi) is 4.72. The van der Waals surface area contributed by atoms with E-state index in [4.69, 9.17) is 0 Å². The number of aryl methyl sites for hydroxylation is 1. The molecule has 0 heterocycles. The Morgan fingerprint density at radius 2 is 1.38 bits per heavy atom. The van der Waals surface area contributed by atoms with E-state index in [1.54, 1.807) is 24.3 Å². The highest BCUT2D eigenvalue weighted by Gasteiger charge is 2.06. The second kappa shape index (κ2) is 6.70. The standard InChI is InChI=1S/C17H18N2O2/c1-3-13-4-8-16(9-5-13)19-17(21)14-6-10-15(11-7-14)18-12(2)20/h4-11H,3H2,1-2H3,(H,18,20)(H,19,21). The molecular formula is C17H18N2O2. The second-order valence-corrected chi connectivity index (χ2v) is 4.76. The summed E-state index contributed by atoms with van der Waals surface area (Å²) in [6.45, 7) is 3.53. The Morgan fingerprint density at radius 1 is 0.857 bits per heavy atom. The van der Waals surface area contributed by atoms with Crippen LogP contribution >= 0.6 is 0 Å². The summed E-state index contributed by atoms with van der Waals surface area (Å²) in [4.78, 5) is 23.0. The van der Waals surface area contributed by atoms with Gasteiger partial charge in [0.2, 0.25) is 5.91 Å². The van der Waals surface area contributed by atoms with Crippen LogP contribution in [0.4, 0.5) is 11.4 Å². The molecule has 108 valence electrons. The lowest BCUT2D eigenvalue weighted by atomic mass is 10.1. The Morgan fingerprint density at radius 3 is 1.90 bits per heavy atom. The molecule has 0 aliphatic carbocycles. The fourth-order valence-corrected chi connectivity index (χ4v) is 1.94. The quantitative estimate of drug-likeness (QED) is 0.902. The van der Waals surface area contributed by atoms with Crippen LogP contribution in [0.25, 0.3) is 0 Å². The van der Waals surface area contributed by atoms with Crippen molar-refractivity contribution in [2.75, 3.05) is 10.6 Å². The van der Waals surface area contributed by atoms with Crippen molar-refractivity contribution < 1.29 is 9.59 Å². The summed E-state index contributed by atoms with van der Waals surface area (Å²) in [7, 11) is 0. The van der Waals surface area contributed by atoms with Gasteiger partial charge < -0.3 is 10.6 Å². The molecule has 0 spiro atoms. The van der Waals surface area contributed by atoms with Crippen molar-refractivity contribution in [3.8, 4) is 0 Å². The summed E-state index contributed by atoms with van der Waals surface area (Å²) >= 11 is 0. The largest absolute Gasteiger partial charge is 0.326 e. The maximum Gasteiger partial charge on any atom is 0.255 e. The SMILES string of the molecule is CCc1ccc(NC(=O)c2ccc(NC(C)=O)cc2)cc1. The lowest BCUT2D eigenvalue weighted by Gasteiger charge is -2.07. The second-order valence-electron chi connectivity index (χ2n) is 4.76. The fourth-order valence-electron chi connectivity index (χ4n) is 1.94. The van der Waals surface area contributed by atoms with Crippen molar-refractivity contribution in [2.24, 2.45) is 0 Å². The highest BCUT2D eigenvalue weighted by atomic mass is 16.2. The third kappa shape index (κ3) is 4.18. The van der Waals surface area contributed by atoms with Crippen molar-refractivity contribution in [3.63, 3.8) is 0 Å². The number of benzene rings is 2. The lowest BCUT2D eigenvalue weighted by molar-refractivity contribution is -0.114. The molecule has 0 radical (unpaired) electrons. The molecule has 4 nitrogen and oxygen atoms in total. The van der Waals surface area contributed by atoms with Crippen LogP contribution in [0.5, 0.6) is 0 Å². The number of rotatable bonds is 4. The average Bonchev–Trinajstić information content (AvgIpc) is 2.48. The van der Waals surface area contributed by atoms with E-state index < -0.39 is 0 Å². The summed E-state index contributed by atoms with van der Waals surface area (Å²) in [6, 6.07) is 14.5. The summed E-state index contributed by atoms with van der Waals surface area (Å²) in [6.07, 6.45) is 0.971. The van der Waals surface area contributed by atoms with E-state index in [-0.39, 0.29) is 11.8 Å². The first-order valence-electron chi connectivity index (χ1n) is 6.86. The van der Waals surface area contributed by atoms with Gasteiger partial charge in [-0.1, -0.05) is 19.1 Å². The number of hydrogen-bond acceptors (Lipinski definition) is 2. The van der Waals surface area contributed by atoms with E-state index in [0.29, 0.717) is 11.3 Å². The summed E-state index contributed by atoms with van der Waals surface area (Å²) in [5.41, 5.74) is 3.21. The molecule has 2 aromatic rings. The van der Waals surface area contributed by atoms with Gasteiger partial charge in [0, 0.05) is 23.9 Å². The van der Waals surface area contributed by atoms with Crippen molar-refractivity contribution >= 4 is 23.2 Å². The minimum Gasteiger partial charge on any atom is -0.326 e. The van der Waals surface area contributed by atoms with Crippen LogP contribution in [0.2, 0.25) is 0 Å². The van der Waals surface area contributed by atoms with Gasteiger partial charge in [-0.25, -0.2) is 0 Å². The average molecular weight is 282 g/mol. The first-order chi connectivity index (χ1) is 10.1. The molecular weight excluding hydrogens is 264 g/mol. The smallest absolute Gasteiger partial charge is 0.255 e. The van der Waals surface area contributed by atoms with E-state index in [1.165, 1.54) is 12.5 Å². The third-order valence-electron chi connectivity index (χ3n) is 3.09. The van der Waals surface area contributed by atoms with Crippen LogP contribution in [0, 0.1) is 0 Å². The Bertz CT molecular complexity index is 631. The minimum atomic E-state index is -0.173. The van der Waals surface area contributed by atoms with E-state index in [2.05, 4.69) is 17.6 Å². The zero-order valence-electron chi connectivity index (χ0n) is 12.1. The predicted octanol–water partition coefficient (Wildman–Crippen LogP) is 3.46. The van der Waals surface area contributed by atoms with Gasteiger partial charge in [-0.15, -0.1) is 0 Å². The molecule has 0 aromatic heterocycles. The highest BCUT2D eigenvalue weighted by Crippen LogP contribution is 2.14. The van der Waals surface area contributed by atoms with Crippen LogP contribution < -0.4 is 10.6 Å². The van der Waals surface area contributed by atoms with Gasteiger partial charge in [-0.3, -0.25) is 9.59 Å². The van der Waals surface area contributed by atoms with Gasteiger partial charge >= 0.3 is 0 Å². The first-order valence-corrected chi connectivity index (χ1v) is 6.86. The molecule has 0 saturated heterocycles. The van der Waals surface area contributed by atoms with E-state index in [9.17, 15) is 9.59 Å². The zero-order valence-corrected chi connectivity index (χ0v) is 12.1. The zero-order chi connectivity index (χ0) is 15.2. The van der Waals surface area contributed by atoms with Gasteiger partial charge in [-0.2, -0.15) is 0 Å². The molecule has 0 saturated carbocycles.